The van der Waals surface area contributed by atoms with Crippen LogP contribution in [0.2, 0.25) is 0 Å². The summed E-state index contributed by atoms with van der Waals surface area (Å²) in [6, 6.07) is 7.35. The third kappa shape index (κ3) is 5.77. The molecule has 3 heteroatoms. The molecule has 1 heterocycles. The standard InChI is InChI=1S/C17H24N2O.CH4/c1-14-11-15(2)13-19(12-14)9-4-10-20-17-7-5-16(18-3)6-8-17;/h5-8,14-15H,4,9-13H2,1-2H3;1H4. The van der Waals surface area contributed by atoms with E-state index in [2.05, 4.69) is 23.6 Å². The van der Waals surface area contributed by atoms with E-state index in [0.29, 0.717) is 5.69 Å². The maximum absolute atomic E-state index is 6.91. The Hall–Kier alpha value is -1.53. The van der Waals surface area contributed by atoms with Gasteiger partial charge < -0.3 is 9.64 Å². The van der Waals surface area contributed by atoms with E-state index < -0.39 is 0 Å². The van der Waals surface area contributed by atoms with Crippen molar-refractivity contribution in [1.29, 1.82) is 0 Å². The molecule has 0 saturated carbocycles. The molecule has 2 atom stereocenters. The van der Waals surface area contributed by atoms with Crippen LogP contribution < -0.4 is 4.74 Å². The van der Waals surface area contributed by atoms with Crippen molar-refractivity contribution in [1.82, 2.24) is 4.90 Å². The van der Waals surface area contributed by atoms with Gasteiger partial charge in [-0.2, -0.15) is 0 Å². The highest BCUT2D eigenvalue weighted by atomic mass is 16.5. The van der Waals surface area contributed by atoms with Crippen LogP contribution >= 0.6 is 0 Å². The second-order valence-corrected chi connectivity index (χ2v) is 6.01. The van der Waals surface area contributed by atoms with Crippen LogP contribution in [0.5, 0.6) is 5.75 Å². The molecule has 1 fully saturated rings. The van der Waals surface area contributed by atoms with Crippen molar-refractivity contribution in [3.05, 3.63) is 35.7 Å². The Morgan fingerprint density at radius 1 is 1.19 bits per heavy atom. The Labute approximate surface area is 129 Å². The Bertz CT molecular complexity index is 439. The first-order valence-corrected chi connectivity index (χ1v) is 7.50. The SMILES string of the molecule is C.[C-]#[N+]c1ccc(OCCCN2CC(C)CC(C)C2)cc1. The van der Waals surface area contributed by atoms with Crippen LogP contribution in [0.4, 0.5) is 5.69 Å². The first kappa shape index (κ1) is 17.5. The average Bonchev–Trinajstić information content (AvgIpc) is 2.43. The zero-order valence-corrected chi connectivity index (χ0v) is 12.5. The fraction of sp³-hybridized carbons (Fsp3) is 0.611. The van der Waals surface area contributed by atoms with Gasteiger partial charge in [-0.15, -0.1) is 0 Å². The first-order valence-electron chi connectivity index (χ1n) is 7.50. The summed E-state index contributed by atoms with van der Waals surface area (Å²) in [6.45, 7) is 15.9. The summed E-state index contributed by atoms with van der Waals surface area (Å²) in [6.07, 6.45) is 2.42. The molecule has 0 radical (unpaired) electrons. The third-order valence-electron chi connectivity index (χ3n) is 3.80. The fourth-order valence-electron chi connectivity index (χ4n) is 3.07. The molecule has 1 aliphatic rings. The van der Waals surface area contributed by atoms with E-state index >= 15 is 0 Å². The number of likely N-dealkylation sites (tertiary alicyclic amines) is 1. The molecule has 1 saturated heterocycles. The quantitative estimate of drug-likeness (QED) is 0.581. The minimum Gasteiger partial charge on any atom is -0.494 e. The van der Waals surface area contributed by atoms with Crippen LogP contribution in [-0.4, -0.2) is 31.1 Å². The second-order valence-electron chi connectivity index (χ2n) is 6.01. The highest BCUT2D eigenvalue weighted by Gasteiger charge is 2.20. The van der Waals surface area contributed by atoms with E-state index in [-0.39, 0.29) is 7.43 Å². The van der Waals surface area contributed by atoms with Gasteiger partial charge in [-0.05, 0) is 36.8 Å². The Kier molecular flexibility index (Phi) is 7.25. The highest BCUT2D eigenvalue weighted by molar-refractivity contribution is 5.46. The average molecular weight is 288 g/mol. The largest absolute Gasteiger partial charge is 0.494 e. The van der Waals surface area contributed by atoms with Crippen LogP contribution in [0.15, 0.2) is 24.3 Å². The number of piperidine rings is 1. The molecule has 0 N–H and O–H groups in total. The highest BCUT2D eigenvalue weighted by Crippen LogP contribution is 2.21. The minimum absolute atomic E-state index is 0. The maximum Gasteiger partial charge on any atom is 0.187 e. The number of benzene rings is 1. The molecule has 21 heavy (non-hydrogen) atoms. The van der Waals surface area contributed by atoms with E-state index in [1.165, 1.54) is 19.5 Å². The van der Waals surface area contributed by atoms with Gasteiger partial charge in [0, 0.05) is 19.6 Å². The van der Waals surface area contributed by atoms with Gasteiger partial charge in [0.25, 0.3) is 0 Å². The number of hydrogen-bond acceptors (Lipinski definition) is 2. The third-order valence-corrected chi connectivity index (χ3v) is 3.80. The summed E-state index contributed by atoms with van der Waals surface area (Å²) in [7, 11) is 0. The minimum atomic E-state index is 0. The van der Waals surface area contributed by atoms with Gasteiger partial charge in [-0.25, -0.2) is 4.85 Å². The lowest BCUT2D eigenvalue weighted by molar-refractivity contribution is 0.132. The van der Waals surface area contributed by atoms with Gasteiger partial charge in [-0.1, -0.05) is 33.4 Å². The summed E-state index contributed by atoms with van der Waals surface area (Å²) in [5.74, 6) is 2.50. The molecule has 3 nitrogen and oxygen atoms in total. The Morgan fingerprint density at radius 3 is 2.38 bits per heavy atom. The van der Waals surface area contributed by atoms with Crippen LogP contribution in [0.25, 0.3) is 4.85 Å². The number of rotatable bonds is 5. The zero-order valence-electron chi connectivity index (χ0n) is 12.5. The lowest BCUT2D eigenvalue weighted by atomic mass is 9.92. The molecule has 2 rings (SSSR count). The van der Waals surface area contributed by atoms with E-state index in [1.54, 1.807) is 12.1 Å². The Morgan fingerprint density at radius 2 is 1.81 bits per heavy atom. The lowest BCUT2D eigenvalue weighted by Gasteiger charge is -2.34. The lowest BCUT2D eigenvalue weighted by Crippen LogP contribution is -2.39. The van der Waals surface area contributed by atoms with Crippen molar-refractivity contribution < 1.29 is 4.74 Å². The molecular weight excluding hydrogens is 260 g/mol. The fourth-order valence-corrected chi connectivity index (χ4v) is 3.07. The van der Waals surface area contributed by atoms with Gasteiger partial charge in [0.15, 0.2) is 5.69 Å². The summed E-state index contributed by atoms with van der Waals surface area (Å²) in [5, 5.41) is 0. The summed E-state index contributed by atoms with van der Waals surface area (Å²) in [5.41, 5.74) is 0.661. The number of nitrogens with zero attached hydrogens (tertiary/aromatic N) is 2. The predicted molar refractivity (Wildman–Crippen MR) is 88.9 cm³/mol. The van der Waals surface area contributed by atoms with E-state index in [0.717, 1.165) is 37.2 Å². The van der Waals surface area contributed by atoms with Crippen LogP contribution in [0.3, 0.4) is 0 Å². The van der Waals surface area contributed by atoms with Crippen LogP contribution in [0.1, 0.15) is 34.1 Å². The molecule has 0 amide bonds. The number of hydrogen-bond donors (Lipinski definition) is 0. The van der Waals surface area contributed by atoms with Gasteiger partial charge in [0.2, 0.25) is 0 Å². The van der Waals surface area contributed by atoms with Crippen molar-refractivity contribution in [3.63, 3.8) is 0 Å². The van der Waals surface area contributed by atoms with Gasteiger partial charge in [-0.3, -0.25) is 0 Å². The first-order chi connectivity index (χ1) is 9.67. The molecular formula is C18H28N2O. The normalized spacial score (nSPS) is 22.1. The summed E-state index contributed by atoms with van der Waals surface area (Å²) >= 11 is 0. The van der Waals surface area contributed by atoms with Crippen LogP contribution in [0, 0.1) is 18.4 Å². The molecule has 0 aromatic heterocycles. The topological polar surface area (TPSA) is 16.8 Å². The van der Waals surface area contributed by atoms with E-state index in [4.69, 9.17) is 11.3 Å². The zero-order chi connectivity index (χ0) is 14.4. The van der Waals surface area contributed by atoms with Gasteiger partial charge in [0.1, 0.15) is 5.75 Å². The molecule has 2 unspecified atom stereocenters. The van der Waals surface area contributed by atoms with Crippen molar-refractivity contribution in [2.75, 3.05) is 26.2 Å². The second kappa shape index (κ2) is 8.69. The molecule has 1 aromatic carbocycles. The van der Waals surface area contributed by atoms with Gasteiger partial charge >= 0.3 is 0 Å². The van der Waals surface area contributed by atoms with Crippen LogP contribution in [-0.2, 0) is 0 Å². The van der Waals surface area contributed by atoms with Crippen molar-refractivity contribution >= 4 is 5.69 Å². The molecule has 116 valence electrons. The van der Waals surface area contributed by atoms with Crippen molar-refractivity contribution in [2.24, 2.45) is 11.8 Å². The van der Waals surface area contributed by atoms with Crippen molar-refractivity contribution in [3.8, 4) is 5.75 Å². The summed E-state index contributed by atoms with van der Waals surface area (Å²) in [4.78, 5) is 5.93. The molecule has 0 bridgehead atoms. The van der Waals surface area contributed by atoms with E-state index in [9.17, 15) is 0 Å². The monoisotopic (exact) mass is 288 g/mol. The smallest absolute Gasteiger partial charge is 0.187 e. The van der Waals surface area contributed by atoms with Gasteiger partial charge in [0.05, 0.1) is 13.2 Å². The molecule has 0 aliphatic carbocycles. The molecule has 1 aliphatic heterocycles. The van der Waals surface area contributed by atoms with Crippen molar-refractivity contribution in [2.45, 2.75) is 34.1 Å². The maximum atomic E-state index is 6.91. The number of ether oxygens (including phenoxy) is 1. The Balaban J connectivity index is 0.00000220. The molecule has 1 aromatic rings. The summed E-state index contributed by atoms with van der Waals surface area (Å²) < 4.78 is 5.72. The predicted octanol–water partition coefficient (Wildman–Crippen LogP) is 4.62. The molecule has 0 spiro atoms. The van der Waals surface area contributed by atoms with E-state index in [1.807, 2.05) is 12.1 Å².